The third-order valence-electron chi connectivity index (χ3n) is 1.97. The number of carbonyl (C=O) groups excluding carboxylic acids is 1. The van der Waals surface area contributed by atoms with Crippen LogP contribution in [0.2, 0.25) is 0 Å². The maximum Gasteiger partial charge on any atom is 0.421 e. The molecule has 1 aromatic rings. The van der Waals surface area contributed by atoms with E-state index < -0.39 is 6.09 Å². The van der Waals surface area contributed by atoms with Crippen molar-refractivity contribution in [3.8, 4) is 11.5 Å². The summed E-state index contributed by atoms with van der Waals surface area (Å²) in [6.07, 6.45) is -0.696. The molecular weight excluding hydrogens is 212 g/mol. The molecule has 6 nitrogen and oxygen atoms in total. The highest BCUT2D eigenvalue weighted by Gasteiger charge is 2.07. The zero-order valence-electron chi connectivity index (χ0n) is 9.15. The van der Waals surface area contributed by atoms with Crippen LogP contribution in [0.1, 0.15) is 5.56 Å². The molecule has 88 valence electrons. The number of hydrogen-bond acceptors (Lipinski definition) is 5. The lowest BCUT2D eigenvalue weighted by Crippen LogP contribution is -2.30. The van der Waals surface area contributed by atoms with Crippen LogP contribution in [0.4, 0.5) is 4.79 Å². The van der Waals surface area contributed by atoms with E-state index in [-0.39, 0.29) is 6.61 Å². The van der Waals surface area contributed by atoms with Gasteiger partial charge in [-0.3, -0.25) is 5.43 Å². The van der Waals surface area contributed by atoms with E-state index in [1.807, 2.05) is 5.43 Å². The Bertz CT molecular complexity index is 368. The van der Waals surface area contributed by atoms with Crippen molar-refractivity contribution in [2.45, 2.75) is 6.61 Å². The van der Waals surface area contributed by atoms with E-state index in [4.69, 9.17) is 20.1 Å². The Morgan fingerprint density at radius 1 is 1.38 bits per heavy atom. The van der Waals surface area contributed by atoms with Gasteiger partial charge in [0.25, 0.3) is 0 Å². The molecule has 0 radical (unpaired) electrons. The minimum absolute atomic E-state index is 0.0796. The SMILES string of the molecule is COc1ccc(COC(=O)NN)c(OC)c1. The molecule has 0 aromatic heterocycles. The van der Waals surface area contributed by atoms with Crippen LogP contribution < -0.4 is 20.7 Å². The molecule has 0 saturated heterocycles. The Morgan fingerprint density at radius 3 is 2.69 bits per heavy atom. The number of nitrogens with one attached hydrogen (secondary N) is 1. The summed E-state index contributed by atoms with van der Waals surface area (Å²) in [6, 6.07) is 5.21. The minimum Gasteiger partial charge on any atom is -0.497 e. The standard InChI is InChI=1S/C10H14N2O4/c1-14-8-4-3-7(9(5-8)15-2)6-16-10(13)12-11/h3-5H,6,11H2,1-2H3,(H,12,13). The number of benzene rings is 1. The normalized spacial score (nSPS) is 9.44. The first-order valence-electron chi connectivity index (χ1n) is 4.55. The predicted octanol–water partition coefficient (Wildman–Crippen LogP) is 0.804. The van der Waals surface area contributed by atoms with Crippen LogP contribution in [0.5, 0.6) is 11.5 Å². The molecule has 0 atom stereocenters. The maximum atomic E-state index is 10.8. The van der Waals surface area contributed by atoms with E-state index in [0.717, 1.165) is 5.56 Å². The van der Waals surface area contributed by atoms with Crippen molar-refractivity contribution in [2.75, 3.05) is 14.2 Å². The molecule has 0 bridgehead atoms. The molecule has 1 aromatic carbocycles. The highest BCUT2D eigenvalue weighted by Crippen LogP contribution is 2.24. The lowest BCUT2D eigenvalue weighted by atomic mass is 10.2. The van der Waals surface area contributed by atoms with E-state index in [1.54, 1.807) is 25.3 Å². The summed E-state index contributed by atoms with van der Waals surface area (Å²) in [6.45, 7) is 0.0796. The van der Waals surface area contributed by atoms with Gasteiger partial charge in [0.2, 0.25) is 0 Å². The van der Waals surface area contributed by atoms with E-state index in [2.05, 4.69) is 0 Å². The van der Waals surface area contributed by atoms with Gasteiger partial charge in [-0.15, -0.1) is 0 Å². The first-order valence-corrected chi connectivity index (χ1v) is 4.55. The summed E-state index contributed by atoms with van der Waals surface area (Å²) in [7, 11) is 3.09. The molecule has 0 aliphatic rings. The van der Waals surface area contributed by atoms with Gasteiger partial charge in [-0.1, -0.05) is 0 Å². The lowest BCUT2D eigenvalue weighted by Gasteiger charge is -2.10. The summed E-state index contributed by atoms with van der Waals surface area (Å²) in [5.41, 5.74) is 2.60. The van der Waals surface area contributed by atoms with Gasteiger partial charge in [0.15, 0.2) is 0 Å². The van der Waals surface area contributed by atoms with Gasteiger partial charge in [0.05, 0.1) is 14.2 Å². The van der Waals surface area contributed by atoms with Gasteiger partial charge in [0, 0.05) is 11.6 Å². The summed E-state index contributed by atoms with van der Waals surface area (Å²) in [5.74, 6) is 6.13. The number of methoxy groups -OCH3 is 2. The predicted molar refractivity (Wildman–Crippen MR) is 57.1 cm³/mol. The third kappa shape index (κ3) is 3.03. The molecule has 16 heavy (non-hydrogen) atoms. The molecule has 1 amide bonds. The van der Waals surface area contributed by atoms with Crippen LogP contribution >= 0.6 is 0 Å². The Morgan fingerprint density at radius 2 is 2.12 bits per heavy atom. The monoisotopic (exact) mass is 226 g/mol. The Hall–Kier alpha value is -1.95. The second-order valence-electron chi connectivity index (χ2n) is 2.90. The van der Waals surface area contributed by atoms with Crippen molar-refractivity contribution < 1.29 is 19.0 Å². The summed E-state index contributed by atoms with van der Waals surface area (Å²) >= 11 is 0. The summed E-state index contributed by atoms with van der Waals surface area (Å²) in [5, 5.41) is 0. The fourth-order valence-corrected chi connectivity index (χ4v) is 1.16. The van der Waals surface area contributed by atoms with Gasteiger partial charge >= 0.3 is 6.09 Å². The minimum atomic E-state index is -0.696. The number of amides is 1. The molecule has 0 heterocycles. The number of rotatable bonds is 4. The van der Waals surface area contributed by atoms with Gasteiger partial charge in [0.1, 0.15) is 18.1 Å². The molecule has 0 fully saturated rings. The van der Waals surface area contributed by atoms with E-state index in [1.165, 1.54) is 7.11 Å². The van der Waals surface area contributed by atoms with Gasteiger partial charge in [-0.2, -0.15) is 0 Å². The molecule has 0 aliphatic carbocycles. The van der Waals surface area contributed by atoms with E-state index in [9.17, 15) is 4.79 Å². The quantitative estimate of drug-likeness (QED) is 0.451. The highest BCUT2D eigenvalue weighted by atomic mass is 16.6. The largest absolute Gasteiger partial charge is 0.497 e. The van der Waals surface area contributed by atoms with Crippen molar-refractivity contribution in [2.24, 2.45) is 5.84 Å². The fourth-order valence-electron chi connectivity index (χ4n) is 1.16. The van der Waals surface area contributed by atoms with Crippen LogP contribution in [0.25, 0.3) is 0 Å². The van der Waals surface area contributed by atoms with Crippen molar-refractivity contribution in [3.05, 3.63) is 23.8 Å². The van der Waals surface area contributed by atoms with E-state index in [0.29, 0.717) is 11.5 Å². The summed E-state index contributed by atoms with van der Waals surface area (Å²) < 4.78 is 15.0. The highest BCUT2D eigenvalue weighted by molar-refractivity contribution is 5.66. The number of carbonyl (C=O) groups is 1. The molecule has 1 rings (SSSR count). The molecule has 0 spiro atoms. The molecule has 0 unspecified atom stereocenters. The zero-order valence-corrected chi connectivity index (χ0v) is 9.15. The summed E-state index contributed by atoms with van der Waals surface area (Å²) in [4.78, 5) is 10.8. The van der Waals surface area contributed by atoms with Crippen molar-refractivity contribution in [1.82, 2.24) is 5.43 Å². The lowest BCUT2D eigenvalue weighted by molar-refractivity contribution is 0.138. The van der Waals surface area contributed by atoms with Crippen molar-refractivity contribution in [1.29, 1.82) is 0 Å². The second-order valence-corrected chi connectivity index (χ2v) is 2.90. The first-order chi connectivity index (χ1) is 7.71. The van der Waals surface area contributed by atoms with Gasteiger partial charge in [-0.05, 0) is 12.1 Å². The molecule has 6 heteroatoms. The topological polar surface area (TPSA) is 82.8 Å². The van der Waals surface area contributed by atoms with Crippen LogP contribution in [0, 0.1) is 0 Å². The number of ether oxygens (including phenoxy) is 3. The second kappa shape index (κ2) is 5.82. The van der Waals surface area contributed by atoms with E-state index >= 15 is 0 Å². The Kier molecular flexibility index (Phi) is 4.41. The molecule has 0 saturated carbocycles. The van der Waals surface area contributed by atoms with Crippen LogP contribution in [-0.4, -0.2) is 20.3 Å². The van der Waals surface area contributed by atoms with Crippen LogP contribution in [0.3, 0.4) is 0 Å². The van der Waals surface area contributed by atoms with Crippen LogP contribution in [-0.2, 0) is 11.3 Å². The first kappa shape index (κ1) is 12.1. The smallest absolute Gasteiger partial charge is 0.421 e. The Balaban J connectivity index is 2.75. The van der Waals surface area contributed by atoms with Crippen molar-refractivity contribution in [3.63, 3.8) is 0 Å². The zero-order chi connectivity index (χ0) is 12.0. The number of hydrogen-bond donors (Lipinski definition) is 2. The molecule has 0 aliphatic heterocycles. The third-order valence-corrected chi connectivity index (χ3v) is 1.97. The average Bonchev–Trinajstić information content (AvgIpc) is 2.35. The number of nitrogens with two attached hydrogens (primary N) is 1. The Labute approximate surface area is 93.3 Å². The fraction of sp³-hybridized carbons (Fsp3) is 0.300. The molecule has 3 N–H and O–H groups in total. The maximum absolute atomic E-state index is 10.8. The number of hydrazine groups is 1. The van der Waals surface area contributed by atoms with Crippen LogP contribution in [0.15, 0.2) is 18.2 Å². The molecular formula is C10H14N2O4. The van der Waals surface area contributed by atoms with Crippen molar-refractivity contribution >= 4 is 6.09 Å². The van der Waals surface area contributed by atoms with Gasteiger partial charge in [-0.25, -0.2) is 10.6 Å². The average molecular weight is 226 g/mol. The van der Waals surface area contributed by atoms with Gasteiger partial charge < -0.3 is 14.2 Å².